The number of aromatic nitrogens is 3. The minimum absolute atomic E-state index is 0.107. The second-order valence-electron chi connectivity index (χ2n) is 6.87. The van der Waals surface area contributed by atoms with Crippen LogP contribution in [0, 0.1) is 0 Å². The molecule has 28 heavy (non-hydrogen) atoms. The van der Waals surface area contributed by atoms with Gasteiger partial charge in [-0.2, -0.15) is 0 Å². The number of pyridine rings is 1. The number of rotatable bonds is 7. The maximum Gasteiger partial charge on any atom is 0.252 e. The summed E-state index contributed by atoms with van der Waals surface area (Å²) in [6, 6.07) is 11.7. The van der Waals surface area contributed by atoms with Crippen LogP contribution in [0.2, 0.25) is 0 Å². The Kier molecular flexibility index (Phi) is 5.94. The first kappa shape index (κ1) is 18.6. The Balaban J connectivity index is 1.42. The SMILES string of the molecule is O=C(NCCc1nc2ccccc2n1CCN1CCOCC1)c1cccnc1. The molecule has 1 amide bonds. The third-order valence-electron chi connectivity index (χ3n) is 5.04. The lowest BCUT2D eigenvalue weighted by Crippen LogP contribution is -2.38. The van der Waals surface area contributed by atoms with Gasteiger partial charge >= 0.3 is 0 Å². The highest BCUT2D eigenvalue weighted by atomic mass is 16.5. The predicted octanol–water partition coefficient (Wildman–Crippen LogP) is 1.74. The highest BCUT2D eigenvalue weighted by Crippen LogP contribution is 2.16. The summed E-state index contributed by atoms with van der Waals surface area (Å²) in [4.78, 5) is 23.4. The van der Waals surface area contributed by atoms with Crippen LogP contribution in [0.4, 0.5) is 0 Å². The van der Waals surface area contributed by atoms with Gasteiger partial charge in [-0.3, -0.25) is 14.7 Å². The molecule has 7 heteroatoms. The summed E-state index contributed by atoms with van der Waals surface area (Å²) in [6.45, 7) is 5.95. The molecule has 1 N–H and O–H groups in total. The fraction of sp³-hybridized carbons (Fsp3) is 0.381. The standard InChI is InChI=1S/C21H25N5O2/c27-21(17-4-3-8-22-16-17)23-9-7-20-24-18-5-1-2-6-19(18)26(20)11-10-25-12-14-28-15-13-25/h1-6,8,16H,7,9-15H2,(H,23,27). The van der Waals surface area contributed by atoms with Gasteiger partial charge in [0.25, 0.3) is 5.91 Å². The molecule has 4 rings (SSSR count). The van der Waals surface area contributed by atoms with Crippen molar-refractivity contribution in [2.75, 3.05) is 39.4 Å². The van der Waals surface area contributed by atoms with Crippen LogP contribution in [0.1, 0.15) is 16.2 Å². The molecular weight excluding hydrogens is 354 g/mol. The highest BCUT2D eigenvalue weighted by molar-refractivity contribution is 5.93. The zero-order chi connectivity index (χ0) is 19.2. The average molecular weight is 379 g/mol. The second kappa shape index (κ2) is 8.95. The molecule has 0 bridgehead atoms. The molecule has 3 aromatic rings. The number of hydrogen-bond donors (Lipinski definition) is 1. The third-order valence-corrected chi connectivity index (χ3v) is 5.04. The smallest absolute Gasteiger partial charge is 0.252 e. The summed E-state index contributed by atoms with van der Waals surface area (Å²) in [7, 11) is 0. The Morgan fingerprint density at radius 2 is 1.96 bits per heavy atom. The van der Waals surface area contributed by atoms with Gasteiger partial charge in [0.05, 0.1) is 29.8 Å². The molecule has 0 unspecified atom stereocenters. The van der Waals surface area contributed by atoms with E-state index in [-0.39, 0.29) is 5.91 Å². The van der Waals surface area contributed by atoms with Gasteiger partial charge in [0.2, 0.25) is 0 Å². The van der Waals surface area contributed by atoms with Crippen molar-refractivity contribution in [2.45, 2.75) is 13.0 Å². The number of fused-ring (bicyclic) bond motifs is 1. The van der Waals surface area contributed by atoms with Crippen LogP contribution in [0.25, 0.3) is 11.0 Å². The maximum absolute atomic E-state index is 12.2. The van der Waals surface area contributed by atoms with E-state index in [1.807, 2.05) is 18.2 Å². The summed E-state index contributed by atoms with van der Waals surface area (Å²) in [5.74, 6) is 0.894. The largest absolute Gasteiger partial charge is 0.379 e. The van der Waals surface area contributed by atoms with Crippen LogP contribution in [-0.2, 0) is 17.7 Å². The van der Waals surface area contributed by atoms with E-state index in [2.05, 4.69) is 25.8 Å². The lowest BCUT2D eigenvalue weighted by Gasteiger charge is -2.27. The van der Waals surface area contributed by atoms with Gasteiger partial charge in [-0.15, -0.1) is 0 Å². The fourth-order valence-corrected chi connectivity index (χ4v) is 3.52. The van der Waals surface area contributed by atoms with Crippen molar-refractivity contribution in [3.8, 4) is 0 Å². The summed E-state index contributed by atoms with van der Waals surface area (Å²) in [6.07, 6.45) is 3.92. The fourth-order valence-electron chi connectivity index (χ4n) is 3.52. The number of carbonyl (C=O) groups is 1. The normalized spacial score (nSPS) is 15.0. The Morgan fingerprint density at radius 3 is 2.79 bits per heavy atom. The van der Waals surface area contributed by atoms with Crippen LogP contribution in [0.3, 0.4) is 0 Å². The molecule has 1 aliphatic rings. The van der Waals surface area contributed by atoms with Gasteiger partial charge < -0.3 is 14.6 Å². The van der Waals surface area contributed by atoms with Crippen molar-refractivity contribution in [2.24, 2.45) is 0 Å². The first-order valence-electron chi connectivity index (χ1n) is 9.74. The van der Waals surface area contributed by atoms with Crippen molar-refractivity contribution in [1.29, 1.82) is 0 Å². The molecule has 0 radical (unpaired) electrons. The van der Waals surface area contributed by atoms with Gasteiger partial charge in [0, 0.05) is 51.5 Å². The van der Waals surface area contributed by atoms with E-state index in [1.165, 1.54) is 0 Å². The van der Waals surface area contributed by atoms with Crippen molar-refractivity contribution < 1.29 is 9.53 Å². The summed E-state index contributed by atoms with van der Waals surface area (Å²) in [5.41, 5.74) is 2.71. The number of benzene rings is 1. The van der Waals surface area contributed by atoms with Crippen molar-refractivity contribution in [3.05, 3.63) is 60.2 Å². The minimum atomic E-state index is -0.107. The Hall–Kier alpha value is -2.77. The van der Waals surface area contributed by atoms with Crippen molar-refractivity contribution in [1.82, 2.24) is 24.8 Å². The Labute approximate surface area is 164 Å². The number of nitrogens with one attached hydrogen (secondary N) is 1. The van der Waals surface area contributed by atoms with E-state index < -0.39 is 0 Å². The zero-order valence-electron chi connectivity index (χ0n) is 15.9. The average Bonchev–Trinajstić information content (AvgIpc) is 3.11. The maximum atomic E-state index is 12.2. The number of ether oxygens (including phenoxy) is 1. The Bertz CT molecular complexity index is 919. The van der Waals surface area contributed by atoms with E-state index in [0.29, 0.717) is 18.5 Å². The first-order valence-corrected chi connectivity index (χ1v) is 9.74. The molecule has 7 nitrogen and oxygen atoms in total. The van der Waals surface area contributed by atoms with Crippen molar-refractivity contribution in [3.63, 3.8) is 0 Å². The number of carbonyl (C=O) groups excluding carboxylic acids is 1. The molecule has 2 aromatic heterocycles. The molecular formula is C21H25N5O2. The minimum Gasteiger partial charge on any atom is -0.379 e. The molecule has 0 atom stereocenters. The molecule has 3 heterocycles. The van der Waals surface area contributed by atoms with Gasteiger partial charge in [-0.25, -0.2) is 4.98 Å². The molecule has 146 valence electrons. The molecule has 1 saturated heterocycles. The summed E-state index contributed by atoms with van der Waals surface area (Å²) in [5, 5.41) is 2.97. The van der Waals surface area contributed by atoms with Crippen molar-refractivity contribution >= 4 is 16.9 Å². The molecule has 0 aliphatic carbocycles. The molecule has 0 saturated carbocycles. The second-order valence-corrected chi connectivity index (χ2v) is 6.87. The summed E-state index contributed by atoms with van der Waals surface area (Å²) < 4.78 is 7.72. The van der Waals surface area contributed by atoms with Crippen LogP contribution in [0.5, 0.6) is 0 Å². The van der Waals surface area contributed by atoms with Crippen LogP contribution in [-0.4, -0.2) is 64.7 Å². The number of morpholine rings is 1. The Morgan fingerprint density at radius 1 is 1.11 bits per heavy atom. The van der Waals surface area contributed by atoms with E-state index in [9.17, 15) is 4.79 Å². The summed E-state index contributed by atoms with van der Waals surface area (Å²) >= 11 is 0. The first-order chi connectivity index (χ1) is 13.8. The lowest BCUT2D eigenvalue weighted by atomic mass is 10.2. The zero-order valence-corrected chi connectivity index (χ0v) is 15.9. The molecule has 0 spiro atoms. The number of para-hydroxylation sites is 2. The molecule has 1 fully saturated rings. The number of amides is 1. The number of hydrogen-bond acceptors (Lipinski definition) is 5. The molecule has 1 aromatic carbocycles. The van der Waals surface area contributed by atoms with Gasteiger partial charge in [-0.05, 0) is 24.3 Å². The molecule has 1 aliphatic heterocycles. The number of imidazole rings is 1. The number of nitrogens with zero attached hydrogens (tertiary/aromatic N) is 4. The van der Waals surface area contributed by atoms with E-state index in [4.69, 9.17) is 9.72 Å². The van der Waals surface area contributed by atoms with E-state index >= 15 is 0 Å². The van der Waals surface area contributed by atoms with Crippen LogP contribution in [0.15, 0.2) is 48.8 Å². The van der Waals surface area contributed by atoms with Gasteiger partial charge in [0.1, 0.15) is 5.82 Å². The predicted molar refractivity (Wildman–Crippen MR) is 107 cm³/mol. The van der Waals surface area contributed by atoms with Crippen LogP contribution < -0.4 is 5.32 Å². The highest BCUT2D eigenvalue weighted by Gasteiger charge is 2.14. The monoisotopic (exact) mass is 379 g/mol. The van der Waals surface area contributed by atoms with Crippen LogP contribution >= 0.6 is 0 Å². The van der Waals surface area contributed by atoms with Gasteiger partial charge in [-0.1, -0.05) is 12.1 Å². The van der Waals surface area contributed by atoms with E-state index in [0.717, 1.165) is 56.3 Å². The van der Waals surface area contributed by atoms with E-state index in [1.54, 1.807) is 24.5 Å². The topological polar surface area (TPSA) is 72.3 Å². The quantitative estimate of drug-likeness (QED) is 0.677. The van der Waals surface area contributed by atoms with Gasteiger partial charge in [0.15, 0.2) is 0 Å². The lowest BCUT2D eigenvalue weighted by molar-refractivity contribution is 0.0364. The third kappa shape index (κ3) is 4.37.